The van der Waals surface area contributed by atoms with Gasteiger partial charge in [0.05, 0.1) is 10.9 Å². The number of hydrogen-bond acceptors (Lipinski definition) is 4. The lowest BCUT2D eigenvalue weighted by molar-refractivity contribution is -0.115. The molecule has 0 saturated carbocycles. The summed E-state index contributed by atoms with van der Waals surface area (Å²) in [4.78, 5) is 24.9. The third-order valence-electron chi connectivity index (χ3n) is 4.82. The Kier molecular flexibility index (Phi) is 6.23. The van der Waals surface area contributed by atoms with E-state index in [-0.39, 0.29) is 16.7 Å². The van der Waals surface area contributed by atoms with Gasteiger partial charge in [-0.15, -0.1) is 0 Å². The van der Waals surface area contributed by atoms with Crippen molar-refractivity contribution in [2.75, 3.05) is 5.32 Å². The van der Waals surface area contributed by atoms with Crippen LogP contribution in [0.15, 0.2) is 58.4 Å². The second-order valence-corrected chi connectivity index (χ2v) is 8.62. The van der Waals surface area contributed by atoms with Crippen LogP contribution in [0.1, 0.15) is 29.2 Å². The fraction of sp³-hybridized carbons (Fsp3) is 0.261. The molecule has 1 amide bonds. The fourth-order valence-electron chi connectivity index (χ4n) is 2.92. The highest BCUT2D eigenvalue weighted by atomic mass is 32.2. The normalized spacial score (nSPS) is 11.9. The fourth-order valence-corrected chi connectivity index (χ4v) is 3.73. The van der Waals surface area contributed by atoms with Crippen LogP contribution in [0.4, 0.5) is 5.69 Å². The minimum absolute atomic E-state index is 0.104. The summed E-state index contributed by atoms with van der Waals surface area (Å²) in [7, 11) is 0. The van der Waals surface area contributed by atoms with Crippen molar-refractivity contribution in [3.8, 4) is 5.69 Å². The average Bonchev–Trinajstić information content (AvgIpc) is 2.67. The molecule has 0 bridgehead atoms. The van der Waals surface area contributed by atoms with Gasteiger partial charge in [0, 0.05) is 11.8 Å². The molecule has 0 aliphatic rings. The Hall–Kier alpha value is -2.86. The molecule has 6 heteroatoms. The van der Waals surface area contributed by atoms with Crippen LogP contribution in [0.5, 0.6) is 0 Å². The highest BCUT2D eigenvalue weighted by molar-refractivity contribution is 8.00. The van der Waals surface area contributed by atoms with Gasteiger partial charge >= 0.3 is 0 Å². The molecule has 1 aromatic heterocycles. The van der Waals surface area contributed by atoms with Gasteiger partial charge in [-0.2, -0.15) is 9.78 Å². The molecule has 29 heavy (non-hydrogen) atoms. The van der Waals surface area contributed by atoms with Crippen molar-refractivity contribution in [1.82, 2.24) is 9.78 Å². The molecule has 3 rings (SSSR count). The largest absolute Gasteiger partial charge is 0.325 e. The summed E-state index contributed by atoms with van der Waals surface area (Å²) < 4.78 is 1.38. The number of rotatable bonds is 5. The lowest BCUT2D eigenvalue weighted by Gasteiger charge is -2.14. The first-order chi connectivity index (χ1) is 13.7. The van der Waals surface area contributed by atoms with Crippen molar-refractivity contribution in [1.29, 1.82) is 0 Å². The van der Waals surface area contributed by atoms with Crippen LogP contribution in [-0.4, -0.2) is 20.9 Å². The molecule has 1 unspecified atom stereocenters. The summed E-state index contributed by atoms with van der Waals surface area (Å²) in [6.07, 6.45) is 0. The van der Waals surface area contributed by atoms with Gasteiger partial charge < -0.3 is 5.32 Å². The first-order valence-electron chi connectivity index (χ1n) is 9.47. The molecule has 5 nitrogen and oxygen atoms in total. The van der Waals surface area contributed by atoms with E-state index in [2.05, 4.69) is 10.4 Å². The van der Waals surface area contributed by atoms with Gasteiger partial charge in [0.15, 0.2) is 0 Å². The SMILES string of the molecule is Cc1ccc(NC(=O)C(C)Sc2ccc(=O)n(-c3ccc(C)c(C)c3)n2)c(C)c1. The van der Waals surface area contributed by atoms with Crippen LogP contribution in [-0.2, 0) is 4.79 Å². The Bertz CT molecular complexity index is 1120. The van der Waals surface area contributed by atoms with E-state index in [9.17, 15) is 9.59 Å². The van der Waals surface area contributed by atoms with E-state index in [1.54, 1.807) is 6.07 Å². The highest BCUT2D eigenvalue weighted by Crippen LogP contribution is 2.23. The minimum atomic E-state index is -0.367. The van der Waals surface area contributed by atoms with Crippen molar-refractivity contribution >= 4 is 23.4 Å². The first-order valence-corrected chi connectivity index (χ1v) is 10.4. The zero-order chi connectivity index (χ0) is 21.1. The van der Waals surface area contributed by atoms with E-state index in [0.717, 1.165) is 27.9 Å². The Labute approximate surface area is 175 Å². The van der Waals surface area contributed by atoms with Gasteiger partial charge in [-0.1, -0.05) is 35.5 Å². The van der Waals surface area contributed by atoms with E-state index in [0.29, 0.717) is 10.7 Å². The van der Waals surface area contributed by atoms with Gasteiger partial charge in [-0.3, -0.25) is 9.59 Å². The molecule has 1 heterocycles. The van der Waals surface area contributed by atoms with Gasteiger partial charge in [-0.05, 0) is 75.6 Å². The highest BCUT2D eigenvalue weighted by Gasteiger charge is 2.17. The molecule has 3 aromatic rings. The molecular formula is C23H25N3O2S. The number of anilines is 1. The van der Waals surface area contributed by atoms with Crippen LogP contribution in [0.25, 0.3) is 5.69 Å². The van der Waals surface area contributed by atoms with Crippen LogP contribution < -0.4 is 10.9 Å². The quantitative estimate of drug-likeness (QED) is 0.629. The van der Waals surface area contributed by atoms with Crippen molar-refractivity contribution < 1.29 is 4.79 Å². The Morgan fingerprint density at radius 1 is 0.966 bits per heavy atom. The predicted molar refractivity (Wildman–Crippen MR) is 119 cm³/mol. The average molecular weight is 408 g/mol. The van der Waals surface area contributed by atoms with Crippen LogP contribution in [0.2, 0.25) is 0 Å². The summed E-state index contributed by atoms with van der Waals surface area (Å²) in [5, 5.41) is 7.68. The number of amides is 1. The summed E-state index contributed by atoms with van der Waals surface area (Å²) >= 11 is 1.32. The number of benzene rings is 2. The first kappa shape index (κ1) is 20.9. The zero-order valence-corrected chi connectivity index (χ0v) is 18.1. The van der Waals surface area contributed by atoms with Crippen molar-refractivity contribution in [2.24, 2.45) is 0 Å². The molecule has 0 fully saturated rings. The molecule has 1 N–H and O–H groups in total. The molecule has 0 spiro atoms. The van der Waals surface area contributed by atoms with Crippen LogP contribution in [0, 0.1) is 27.7 Å². The number of nitrogens with zero attached hydrogens (tertiary/aromatic N) is 2. The molecule has 150 valence electrons. The minimum Gasteiger partial charge on any atom is -0.325 e. The molecular weight excluding hydrogens is 382 g/mol. The number of hydrogen-bond donors (Lipinski definition) is 1. The zero-order valence-electron chi connectivity index (χ0n) is 17.3. The maximum absolute atomic E-state index is 12.6. The number of carbonyl (C=O) groups is 1. The summed E-state index contributed by atoms with van der Waals surface area (Å²) in [5.74, 6) is -0.104. The maximum atomic E-state index is 12.6. The van der Waals surface area contributed by atoms with Crippen LogP contribution in [0.3, 0.4) is 0 Å². The summed E-state index contributed by atoms with van der Waals surface area (Å²) in [5.41, 5.74) is 5.75. The molecule has 0 saturated heterocycles. The molecule has 0 aliphatic carbocycles. The standard InChI is InChI=1S/C23H25N3O2S/c1-14-6-9-20(17(4)12-14)24-23(28)18(5)29-21-10-11-22(27)26(25-21)19-8-7-15(2)16(3)13-19/h6-13,18H,1-5H3,(H,24,28). The van der Waals surface area contributed by atoms with E-state index in [1.807, 2.05) is 71.0 Å². The number of aromatic nitrogens is 2. The Morgan fingerprint density at radius 3 is 2.41 bits per heavy atom. The molecule has 0 aliphatic heterocycles. The van der Waals surface area contributed by atoms with E-state index < -0.39 is 0 Å². The number of aryl methyl sites for hydroxylation is 4. The predicted octanol–water partition coefficient (Wildman–Crippen LogP) is 4.59. The third-order valence-corrected chi connectivity index (χ3v) is 5.84. The smallest absolute Gasteiger partial charge is 0.271 e. The van der Waals surface area contributed by atoms with Gasteiger partial charge in [0.25, 0.3) is 5.56 Å². The lowest BCUT2D eigenvalue weighted by Crippen LogP contribution is -2.24. The third kappa shape index (κ3) is 4.95. The summed E-state index contributed by atoms with van der Waals surface area (Å²) in [6, 6.07) is 14.9. The molecule has 2 aromatic carbocycles. The van der Waals surface area contributed by atoms with Gasteiger partial charge in [0.1, 0.15) is 5.03 Å². The Balaban J connectivity index is 1.78. The van der Waals surface area contributed by atoms with Crippen LogP contribution >= 0.6 is 11.8 Å². The maximum Gasteiger partial charge on any atom is 0.271 e. The van der Waals surface area contributed by atoms with Crippen molar-refractivity contribution in [3.63, 3.8) is 0 Å². The van der Waals surface area contributed by atoms with E-state index in [4.69, 9.17) is 0 Å². The monoisotopic (exact) mass is 407 g/mol. The second kappa shape index (κ2) is 8.66. The summed E-state index contributed by atoms with van der Waals surface area (Å²) in [6.45, 7) is 9.85. The second-order valence-electron chi connectivity index (χ2n) is 7.26. The topological polar surface area (TPSA) is 64.0 Å². The van der Waals surface area contributed by atoms with Gasteiger partial charge in [-0.25, -0.2) is 0 Å². The van der Waals surface area contributed by atoms with E-state index in [1.165, 1.54) is 22.5 Å². The van der Waals surface area contributed by atoms with Crippen molar-refractivity contribution in [2.45, 2.75) is 44.9 Å². The van der Waals surface area contributed by atoms with E-state index >= 15 is 0 Å². The van der Waals surface area contributed by atoms with Gasteiger partial charge in [0.2, 0.25) is 5.91 Å². The van der Waals surface area contributed by atoms with Crippen molar-refractivity contribution in [3.05, 3.63) is 81.1 Å². The number of carbonyl (C=O) groups excluding carboxylic acids is 1. The number of thioether (sulfide) groups is 1. The molecule has 1 atom stereocenters. The lowest BCUT2D eigenvalue weighted by atomic mass is 10.1. The molecule has 0 radical (unpaired) electrons. The Morgan fingerprint density at radius 2 is 1.72 bits per heavy atom. The number of nitrogens with one attached hydrogen (secondary N) is 1.